The molecular weight excluding hydrogens is 290 g/mol. The van der Waals surface area contributed by atoms with Crippen molar-refractivity contribution < 1.29 is 22.3 Å². The highest BCUT2D eigenvalue weighted by molar-refractivity contribution is 7.89. The van der Waals surface area contributed by atoms with Gasteiger partial charge in [0.1, 0.15) is 4.90 Å². The van der Waals surface area contributed by atoms with Gasteiger partial charge in [0.05, 0.1) is 0 Å². The van der Waals surface area contributed by atoms with Crippen LogP contribution >= 0.6 is 0 Å². The number of hydrogen-bond donors (Lipinski definition) is 3. The van der Waals surface area contributed by atoms with Crippen molar-refractivity contribution >= 4 is 15.7 Å². The SMILES string of the molecule is Nc1cc(F)c(F)c(S(=O)(=O)NC2CCCC2CO)c1. The summed E-state index contributed by atoms with van der Waals surface area (Å²) in [5.41, 5.74) is 5.18. The fraction of sp³-hybridized carbons (Fsp3) is 0.500. The van der Waals surface area contributed by atoms with Crippen molar-refractivity contribution in [3.8, 4) is 0 Å². The summed E-state index contributed by atoms with van der Waals surface area (Å²) in [7, 11) is -4.22. The fourth-order valence-corrected chi connectivity index (χ4v) is 3.91. The molecular formula is C12H16F2N2O3S. The monoisotopic (exact) mass is 306 g/mol. The zero-order chi connectivity index (χ0) is 14.9. The number of aliphatic hydroxyl groups excluding tert-OH is 1. The molecule has 0 aromatic heterocycles. The van der Waals surface area contributed by atoms with Crippen LogP contribution in [0.2, 0.25) is 0 Å². The lowest BCUT2D eigenvalue weighted by Gasteiger charge is -2.19. The Morgan fingerprint density at radius 3 is 2.70 bits per heavy atom. The maximum absolute atomic E-state index is 13.6. The van der Waals surface area contributed by atoms with E-state index in [1.807, 2.05) is 0 Å². The zero-order valence-electron chi connectivity index (χ0n) is 10.6. The Balaban J connectivity index is 2.31. The second-order valence-corrected chi connectivity index (χ2v) is 6.60. The number of nitrogen functional groups attached to an aromatic ring is 1. The molecule has 0 heterocycles. The molecule has 112 valence electrons. The van der Waals surface area contributed by atoms with Crippen molar-refractivity contribution in [2.24, 2.45) is 5.92 Å². The number of nitrogens with two attached hydrogens (primary N) is 1. The van der Waals surface area contributed by atoms with E-state index < -0.39 is 32.6 Å². The molecule has 20 heavy (non-hydrogen) atoms. The highest BCUT2D eigenvalue weighted by Crippen LogP contribution is 2.28. The molecule has 1 aromatic rings. The van der Waals surface area contributed by atoms with Crippen molar-refractivity contribution in [3.63, 3.8) is 0 Å². The molecule has 2 unspecified atom stereocenters. The van der Waals surface area contributed by atoms with Gasteiger partial charge in [0.25, 0.3) is 0 Å². The third-order valence-corrected chi connectivity index (χ3v) is 5.00. The fourth-order valence-electron chi connectivity index (χ4n) is 2.45. The van der Waals surface area contributed by atoms with Gasteiger partial charge in [0, 0.05) is 18.3 Å². The smallest absolute Gasteiger partial charge is 0.243 e. The van der Waals surface area contributed by atoms with Crippen LogP contribution < -0.4 is 10.5 Å². The minimum atomic E-state index is -4.22. The van der Waals surface area contributed by atoms with Crippen LogP contribution in [0.15, 0.2) is 17.0 Å². The molecule has 1 aliphatic carbocycles. The highest BCUT2D eigenvalue weighted by Gasteiger charge is 2.32. The minimum Gasteiger partial charge on any atom is -0.399 e. The average Bonchev–Trinajstić information content (AvgIpc) is 2.80. The Hall–Kier alpha value is -1.25. The number of aliphatic hydroxyl groups is 1. The van der Waals surface area contributed by atoms with Crippen LogP contribution in [0.4, 0.5) is 14.5 Å². The second kappa shape index (κ2) is 5.63. The minimum absolute atomic E-state index is 0.152. The maximum atomic E-state index is 13.6. The van der Waals surface area contributed by atoms with Crippen LogP contribution in [-0.4, -0.2) is 26.2 Å². The normalized spacial score (nSPS) is 23.1. The van der Waals surface area contributed by atoms with E-state index >= 15 is 0 Å². The molecule has 0 spiro atoms. The number of rotatable bonds is 4. The van der Waals surface area contributed by atoms with E-state index in [-0.39, 0.29) is 18.2 Å². The molecule has 0 bridgehead atoms. The van der Waals surface area contributed by atoms with Crippen LogP contribution in [0.5, 0.6) is 0 Å². The molecule has 1 saturated carbocycles. The number of benzene rings is 1. The first kappa shape index (κ1) is 15.1. The first-order valence-corrected chi connectivity index (χ1v) is 7.71. The summed E-state index contributed by atoms with van der Waals surface area (Å²) in [5, 5.41) is 9.16. The molecule has 0 aliphatic heterocycles. The summed E-state index contributed by atoms with van der Waals surface area (Å²) < 4.78 is 53.4. The molecule has 1 aliphatic rings. The molecule has 2 rings (SSSR count). The molecule has 8 heteroatoms. The lowest BCUT2D eigenvalue weighted by Crippen LogP contribution is -2.38. The number of nitrogens with one attached hydrogen (secondary N) is 1. The van der Waals surface area contributed by atoms with Crippen molar-refractivity contribution in [1.29, 1.82) is 0 Å². The Bertz CT molecular complexity index is 607. The number of sulfonamides is 1. The van der Waals surface area contributed by atoms with Gasteiger partial charge in [0.2, 0.25) is 10.0 Å². The topological polar surface area (TPSA) is 92.4 Å². The van der Waals surface area contributed by atoms with Gasteiger partial charge < -0.3 is 10.8 Å². The van der Waals surface area contributed by atoms with Gasteiger partial charge in [-0.1, -0.05) is 6.42 Å². The third-order valence-electron chi connectivity index (χ3n) is 3.51. The Morgan fingerprint density at radius 2 is 2.05 bits per heavy atom. The van der Waals surface area contributed by atoms with Gasteiger partial charge in [0.15, 0.2) is 11.6 Å². The number of halogens is 2. The second-order valence-electron chi connectivity index (χ2n) is 4.92. The van der Waals surface area contributed by atoms with E-state index in [4.69, 9.17) is 10.8 Å². The summed E-state index contributed by atoms with van der Waals surface area (Å²) >= 11 is 0. The first-order chi connectivity index (χ1) is 9.35. The predicted molar refractivity (Wildman–Crippen MR) is 69.3 cm³/mol. The Kier molecular flexibility index (Phi) is 4.26. The van der Waals surface area contributed by atoms with Crippen molar-refractivity contribution in [2.45, 2.75) is 30.2 Å². The Labute approximate surface area is 115 Å². The molecule has 1 fully saturated rings. The van der Waals surface area contributed by atoms with Gasteiger partial charge in [-0.05, 0) is 30.9 Å². The molecule has 4 N–H and O–H groups in total. The van der Waals surface area contributed by atoms with Crippen LogP contribution in [0.25, 0.3) is 0 Å². The van der Waals surface area contributed by atoms with Gasteiger partial charge in [-0.15, -0.1) is 0 Å². The van der Waals surface area contributed by atoms with Crippen LogP contribution in [0.3, 0.4) is 0 Å². The van der Waals surface area contributed by atoms with Gasteiger partial charge in [-0.3, -0.25) is 0 Å². The molecule has 0 amide bonds. The van der Waals surface area contributed by atoms with E-state index in [2.05, 4.69) is 4.72 Å². The quantitative estimate of drug-likeness (QED) is 0.723. The molecule has 5 nitrogen and oxygen atoms in total. The summed E-state index contributed by atoms with van der Waals surface area (Å²) in [4.78, 5) is -0.807. The summed E-state index contributed by atoms with van der Waals surface area (Å²) in [6, 6.07) is 1.12. The predicted octanol–water partition coefficient (Wildman–Crippen LogP) is 0.986. The average molecular weight is 306 g/mol. The van der Waals surface area contributed by atoms with Crippen molar-refractivity contribution in [2.75, 3.05) is 12.3 Å². The molecule has 0 saturated heterocycles. The van der Waals surface area contributed by atoms with E-state index in [1.165, 1.54) is 0 Å². The molecule has 0 radical (unpaired) electrons. The maximum Gasteiger partial charge on any atom is 0.243 e. The lowest BCUT2D eigenvalue weighted by atomic mass is 10.1. The van der Waals surface area contributed by atoms with Crippen LogP contribution in [0, 0.1) is 17.6 Å². The largest absolute Gasteiger partial charge is 0.399 e. The molecule has 1 aromatic carbocycles. The van der Waals surface area contributed by atoms with Gasteiger partial charge in [-0.25, -0.2) is 21.9 Å². The van der Waals surface area contributed by atoms with E-state index in [1.54, 1.807) is 0 Å². The highest BCUT2D eigenvalue weighted by atomic mass is 32.2. The third kappa shape index (κ3) is 2.92. The number of anilines is 1. The summed E-state index contributed by atoms with van der Waals surface area (Å²) in [6.45, 7) is -0.152. The summed E-state index contributed by atoms with van der Waals surface area (Å²) in [5.74, 6) is -2.97. The van der Waals surface area contributed by atoms with Gasteiger partial charge >= 0.3 is 0 Å². The standard InChI is InChI=1S/C12H16F2N2O3S/c13-9-4-8(15)5-11(12(9)14)20(18,19)16-10-3-1-2-7(10)6-17/h4-5,7,10,16-17H,1-3,6,15H2. The zero-order valence-corrected chi connectivity index (χ0v) is 11.5. The number of hydrogen-bond acceptors (Lipinski definition) is 4. The first-order valence-electron chi connectivity index (χ1n) is 6.23. The van der Waals surface area contributed by atoms with Crippen molar-refractivity contribution in [1.82, 2.24) is 4.72 Å². The van der Waals surface area contributed by atoms with E-state index in [9.17, 15) is 17.2 Å². The summed E-state index contributed by atoms with van der Waals surface area (Å²) in [6.07, 6.45) is 2.01. The van der Waals surface area contributed by atoms with E-state index in [0.717, 1.165) is 18.6 Å². The lowest BCUT2D eigenvalue weighted by molar-refractivity contribution is 0.213. The van der Waals surface area contributed by atoms with Crippen LogP contribution in [0.1, 0.15) is 19.3 Å². The van der Waals surface area contributed by atoms with Crippen LogP contribution in [-0.2, 0) is 10.0 Å². The van der Waals surface area contributed by atoms with Crippen molar-refractivity contribution in [3.05, 3.63) is 23.8 Å². The van der Waals surface area contributed by atoms with E-state index in [0.29, 0.717) is 12.8 Å². The Morgan fingerprint density at radius 1 is 1.35 bits per heavy atom. The molecule has 2 atom stereocenters. The van der Waals surface area contributed by atoms with Gasteiger partial charge in [-0.2, -0.15) is 0 Å².